The van der Waals surface area contributed by atoms with E-state index in [9.17, 15) is 4.79 Å². The molecule has 1 aromatic rings. The van der Waals surface area contributed by atoms with E-state index < -0.39 is 0 Å². The normalized spacial score (nSPS) is 10.4. The predicted octanol–water partition coefficient (Wildman–Crippen LogP) is 0.438. The second-order valence-corrected chi connectivity index (χ2v) is 3.59. The average molecular weight is 224 g/mol. The molecular weight excluding hydrogens is 204 g/mol. The van der Waals surface area contributed by atoms with Gasteiger partial charge in [-0.3, -0.25) is 4.79 Å². The van der Waals surface area contributed by atoms with Gasteiger partial charge in [0.1, 0.15) is 0 Å². The molecule has 0 aliphatic carbocycles. The van der Waals surface area contributed by atoms with Crippen molar-refractivity contribution in [3.8, 4) is 0 Å². The fraction of sp³-hybridized carbons (Fsp3) is 0.636. The molecule has 0 spiro atoms. The van der Waals surface area contributed by atoms with Crippen LogP contribution >= 0.6 is 0 Å². The molecule has 5 heteroatoms. The molecule has 0 amide bonds. The molecule has 0 aromatic carbocycles. The lowest BCUT2D eigenvalue weighted by atomic mass is 10.3. The number of hydrogen-bond acceptors (Lipinski definition) is 4. The SMILES string of the molecule is CCN(CC)c1cnn(CCCN)c(=O)c1. The number of nitrogens with two attached hydrogens (primary N) is 1. The van der Waals surface area contributed by atoms with E-state index in [0.29, 0.717) is 13.1 Å². The quantitative estimate of drug-likeness (QED) is 0.761. The summed E-state index contributed by atoms with van der Waals surface area (Å²) < 4.78 is 1.46. The van der Waals surface area contributed by atoms with Crippen molar-refractivity contribution in [2.24, 2.45) is 5.73 Å². The molecule has 0 atom stereocenters. The fourth-order valence-electron chi connectivity index (χ4n) is 1.59. The third-order valence-electron chi connectivity index (χ3n) is 2.56. The van der Waals surface area contributed by atoms with Gasteiger partial charge in [0.15, 0.2) is 0 Å². The second-order valence-electron chi connectivity index (χ2n) is 3.59. The first kappa shape index (κ1) is 12.7. The number of aromatic nitrogens is 2. The largest absolute Gasteiger partial charge is 0.371 e. The second kappa shape index (κ2) is 6.27. The van der Waals surface area contributed by atoms with Gasteiger partial charge in [0.05, 0.1) is 11.9 Å². The Kier molecular flexibility index (Phi) is 4.98. The highest BCUT2D eigenvalue weighted by Gasteiger charge is 2.04. The van der Waals surface area contributed by atoms with E-state index in [1.165, 1.54) is 4.68 Å². The maximum absolute atomic E-state index is 11.7. The van der Waals surface area contributed by atoms with Crippen LogP contribution in [0.3, 0.4) is 0 Å². The summed E-state index contributed by atoms with van der Waals surface area (Å²) in [4.78, 5) is 13.8. The maximum atomic E-state index is 11.7. The molecule has 0 aliphatic heterocycles. The minimum Gasteiger partial charge on any atom is -0.371 e. The molecule has 0 fully saturated rings. The van der Waals surface area contributed by atoms with Crippen LogP contribution in [0.15, 0.2) is 17.1 Å². The maximum Gasteiger partial charge on any atom is 0.268 e. The Labute approximate surface area is 95.9 Å². The van der Waals surface area contributed by atoms with Crippen LogP contribution in [-0.2, 0) is 6.54 Å². The third-order valence-corrected chi connectivity index (χ3v) is 2.56. The van der Waals surface area contributed by atoms with E-state index in [1.807, 2.05) is 0 Å². The van der Waals surface area contributed by atoms with Gasteiger partial charge < -0.3 is 10.6 Å². The lowest BCUT2D eigenvalue weighted by molar-refractivity contribution is 0.553. The molecule has 1 aromatic heterocycles. The van der Waals surface area contributed by atoms with E-state index >= 15 is 0 Å². The molecule has 90 valence electrons. The zero-order valence-electron chi connectivity index (χ0n) is 10.0. The molecule has 0 unspecified atom stereocenters. The average Bonchev–Trinajstić information content (AvgIpc) is 2.29. The highest BCUT2D eigenvalue weighted by Crippen LogP contribution is 2.07. The van der Waals surface area contributed by atoms with Gasteiger partial charge in [0, 0.05) is 25.7 Å². The lowest BCUT2D eigenvalue weighted by Gasteiger charge is -2.20. The highest BCUT2D eigenvalue weighted by atomic mass is 16.1. The molecule has 5 nitrogen and oxygen atoms in total. The number of anilines is 1. The summed E-state index contributed by atoms with van der Waals surface area (Å²) in [6.07, 6.45) is 2.52. The zero-order chi connectivity index (χ0) is 12.0. The van der Waals surface area contributed by atoms with Gasteiger partial charge in [0.2, 0.25) is 0 Å². The van der Waals surface area contributed by atoms with Gasteiger partial charge in [-0.05, 0) is 26.8 Å². The van der Waals surface area contributed by atoms with Crippen molar-refractivity contribution < 1.29 is 0 Å². The Balaban J connectivity index is 2.86. The molecule has 2 N–H and O–H groups in total. The summed E-state index contributed by atoms with van der Waals surface area (Å²) in [6, 6.07) is 1.64. The third kappa shape index (κ3) is 3.06. The summed E-state index contributed by atoms with van der Waals surface area (Å²) in [5, 5.41) is 4.14. The van der Waals surface area contributed by atoms with Gasteiger partial charge in [0.25, 0.3) is 5.56 Å². The molecule has 16 heavy (non-hydrogen) atoms. The monoisotopic (exact) mass is 224 g/mol. The van der Waals surface area contributed by atoms with Crippen molar-refractivity contribution in [1.29, 1.82) is 0 Å². The summed E-state index contributed by atoms with van der Waals surface area (Å²) >= 11 is 0. The van der Waals surface area contributed by atoms with Crippen molar-refractivity contribution in [2.75, 3.05) is 24.5 Å². The number of hydrogen-bond donors (Lipinski definition) is 1. The molecule has 0 saturated heterocycles. The van der Waals surface area contributed by atoms with Gasteiger partial charge in [-0.2, -0.15) is 5.10 Å². The van der Waals surface area contributed by atoms with E-state index in [-0.39, 0.29) is 5.56 Å². The summed E-state index contributed by atoms with van der Waals surface area (Å²) in [5.41, 5.74) is 6.23. The molecule has 0 bridgehead atoms. The van der Waals surface area contributed by atoms with Crippen molar-refractivity contribution in [3.05, 3.63) is 22.6 Å². The first-order valence-corrected chi connectivity index (χ1v) is 5.75. The predicted molar refractivity (Wildman–Crippen MR) is 65.7 cm³/mol. The van der Waals surface area contributed by atoms with Crippen molar-refractivity contribution in [1.82, 2.24) is 9.78 Å². The first-order valence-electron chi connectivity index (χ1n) is 5.75. The van der Waals surface area contributed by atoms with Crippen molar-refractivity contribution >= 4 is 5.69 Å². The molecule has 1 rings (SSSR count). The van der Waals surface area contributed by atoms with Crippen LogP contribution in [-0.4, -0.2) is 29.4 Å². The molecule has 0 aliphatic rings. The Morgan fingerprint density at radius 1 is 1.44 bits per heavy atom. The Bertz CT molecular complexity index is 370. The van der Waals surface area contributed by atoms with Crippen molar-refractivity contribution in [2.45, 2.75) is 26.8 Å². The summed E-state index contributed by atoms with van der Waals surface area (Å²) in [7, 11) is 0. The Morgan fingerprint density at radius 3 is 2.62 bits per heavy atom. The van der Waals surface area contributed by atoms with Gasteiger partial charge in [-0.1, -0.05) is 0 Å². The summed E-state index contributed by atoms with van der Waals surface area (Å²) in [5.74, 6) is 0. The Morgan fingerprint density at radius 2 is 2.12 bits per heavy atom. The topological polar surface area (TPSA) is 64.2 Å². The smallest absolute Gasteiger partial charge is 0.268 e. The number of aryl methyl sites for hydroxylation is 1. The van der Waals surface area contributed by atoms with Gasteiger partial charge in [-0.25, -0.2) is 4.68 Å². The van der Waals surface area contributed by atoms with Gasteiger partial charge in [-0.15, -0.1) is 0 Å². The minimum absolute atomic E-state index is 0.0575. The van der Waals surface area contributed by atoms with E-state index in [4.69, 9.17) is 5.73 Å². The minimum atomic E-state index is -0.0575. The number of rotatable bonds is 6. The standard InChI is InChI=1S/C11H20N4O/c1-3-14(4-2)10-8-11(16)15(13-9-10)7-5-6-12/h8-9H,3-7,12H2,1-2H3. The Hall–Kier alpha value is -1.36. The summed E-state index contributed by atoms with van der Waals surface area (Å²) in [6.45, 7) is 7.04. The molecule has 0 radical (unpaired) electrons. The van der Waals surface area contributed by atoms with Crippen LogP contribution in [0.2, 0.25) is 0 Å². The van der Waals surface area contributed by atoms with E-state index in [2.05, 4.69) is 23.8 Å². The fourth-order valence-corrected chi connectivity index (χ4v) is 1.59. The first-order chi connectivity index (χ1) is 7.72. The van der Waals surface area contributed by atoms with Crippen LogP contribution in [0.1, 0.15) is 20.3 Å². The highest BCUT2D eigenvalue weighted by molar-refractivity contribution is 5.42. The van der Waals surface area contributed by atoms with Crippen LogP contribution in [0.25, 0.3) is 0 Å². The van der Waals surface area contributed by atoms with Crippen LogP contribution in [0.5, 0.6) is 0 Å². The van der Waals surface area contributed by atoms with Crippen molar-refractivity contribution in [3.63, 3.8) is 0 Å². The molecular formula is C11H20N4O. The zero-order valence-corrected chi connectivity index (χ0v) is 10.0. The number of nitrogens with zero attached hydrogens (tertiary/aromatic N) is 3. The lowest BCUT2D eigenvalue weighted by Crippen LogP contribution is -2.28. The van der Waals surface area contributed by atoms with Crippen LogP contribution < -0.4 is 16.2 Å². The van der Waals surface area contributed by atoms with Crippen LogP contribution in [0.4, 0.5) is 5.69 Å². The van der Waals surface area contributed by atoms with E-state index in [0.717, 1.165) is 25.2 Å². The molecule has 0 saturated carbocycles. The molecule has 1 heterocycles. The van der Waals surface area contributed by atoms with E-state index in [1.54, 1.807) is 12.3 Å². The van der Waals surface area contributed by atoms with Crippen LogP contribution in [0, 0.1) is 0 Å². The van der Waals surface area contributed by atoms with Gasteiger partial charge >= 0.3 is 0 Å².